The fraction of sp³-hybridized carbons (Fsp3) is 0.125. The van der Waals surface area contributed by atoms with Crippen molar-refractivity contribution in [1.82, 2.24) is 0 Å². The van der Waals surface area contributed by atoms with Crippen LogP contribution in [0.5, 0.6) is 0 Å². The molecule has 0 bridgehead atoms. The topological polar surface area (TPSA) is 26.0 Å². The van der Waals surface area contributed by atoms with Gasteiger partial charge < -0.3 is 5.73 Å². The highest BCUT2D eigenvalue weighted by molar-refractivity contribution is 7.17. The molecule has 20 heavy (non-hydrogen) atoms. The highest BCUT2D eigenvalue weighted by Gasteiger charge is 2.13. The molecule has 1 nitrogen and oxygen atoms in total. The number of thiophene rings is 1. The van der Waals surface area contributed by atoms with Gasteiger partial charge in [0.1, 0.15) is 0 Å². The molecule has 2 aromatic carbocycles. The molecule has 0 spiro atoms. The zero-order chi connectivity index (χ0) is 14.1. The molecule has 0 fully saturated rings. The van der Waals surface area contributed by atoms with Gasteiger partial charge >= 0.3 is 0 Å². The minimum Gasteiger partial charge on any atom is -0.324 e. The predicted molar refractivity (Wildman–Crippen MR) is 88.9 cm³/mol. The van der Waals surface area contributed by atoms with Gasteiger partial charge in [-0.15, -0.1) is 11.3 Å². The second-order valence-electron chi connectivity index (χ2n) is 4.75. The van der Waals surface area contributed by atoms with Crippen LogP contribution in [0.2, 0.25) is 10.0 Å². The predicted octanol–water partition coefficient (Wildman–Crippen LogP) is 5.45. The smallest absolute Gasteiger partial charge is 0.0595 e. The van der Waals surface area contributed by atoms with Crippen LogP contribution in [-0.4, -0.2) is 0 Å². The SMILES string of the molecule is NC(Cc1ccc(Cl)c(Cl)c1)c1csc2ccccc12. The van der Waals surface area contributed by atoms with Gasteiger partial charge in [-0.2, -0.15) is 0 Å². The molecule has 0 aliphatic heterocycles. The van der Waals surface area contributed by atoms with Gasteiger partial charge in [0.05, 0.1) is 10.0 Å². The minimum atomic E-state index is -0.0385. The zero-order valence-corrected chi connectivity index (χ0v) is 13.0. The number of hydrogen-bond donors (Lipinski definition) is 1. The fourth-order valence-corrected chi connectivity index (χ4v) is 3.66. The molecule has 102 valence electrons. The third kappa shape index (κ3) is 2.70. The lowest BCUT2D eigenvalue weighted by atomic mass is 9.99. The summed E-state index contributed by atoms with van der Waals surface area (Å²) in [7, 11) is 0. The molecule has 1 aromatic heterocycles. The van der Waals surface area contributed by atoms with E-state index >= 15 is 0 Å². The average Bonchev–Trinajstić information content (AvgIpc) is 2.87. The molecule has 2 N–H and O–H groups in total. The Balaban J connectivity index is 1.89. The summed E-state index contributed by atoms with van der Waals surface area (Å²) in [6.45, 7) is 0. The maximum Gasteiger partial charge on any atom is 0.0595 e. The Morgan fingerprint density at radius 3 is 2.65 bits per heavy atom. The molecular weight excluding hydrogens is 309 g/mol. The molecule has 4 heteroatoms. The van der Waals surface area contributed by atoms with E-state index in [0.29, 0.717) is 10.0 Å². The van der Waals surface area contributed by atoms with Crippen molar-refractivity contribution in [3.8, 4) is 0 Å². The van der Waals surface area contributed by atoms with E-state index in [4.69, 9.17) is 28.9 Å². The minimum absolute atomic E-state index is 0.0385. The Morgan fingerprint density at radius 2 is 1.85 bits per heavy atom. The van der Waals surface area contributed by atoms with Gasteiger partial charge in [-0.05, 0) is 46.5 Å². The first-order chi connectivity index (χ1) is 9.65. The van der Waals surface area contributed by atoms with E-state index in [9.17, 15) is 0 Å². The summed E-state index contributed by atoms with van der Waals surface area (Å²) in [5.41, 5.74) is 8.65. The lowest BCUT2D eigenvalue weighted by Gasteiger charge is -2.12. The van der Waals surface area contributed by atoms with Crippen LogP contribution < -0.4 is 5.73 Å². The van der Waals surface area contributed by atoms with Crippen LogP contribution >= 0.6 is 34.5 Å². The van der Waals surface area contributed by atoms with E-state index in [1.54, 1.807) is 11.3 Å². The van der Waals surface area contributed by atoms with Crippen molar-refractivity contribution >= 4 is 44.6 Å². The monoisotopic (exact) mass is 321 g/mol. The van der Waals surface area contributed by atoms with E-state index in [-0.39, 0.29) is 6.04 Å². The Kier molecular flexibility index (Phi) is 3.99. The van der Waals surface area contributed by atoms with E-state index in [1.807, 2.05) is 30.3 Å². The molecule has 3 rings (SSSR count). The second-order valence-corrected chi connectivity index (χ2v) is 6.47. The molecule has 0 saturated heterocycles. The Bertz CT molecular complexity index is 751. The molecule has 3 aromatic rings. The van der Waals surface area contributed by atoms with Gasteiger partial charge in [0.25, 0.3) is 0 Å². The van der Waals surface area contributed by atoms with Gasteiger partial charge in [-0.25, -0.2) is 0 Å². The highest BCUT2D eigenvalue weighted by atomic mass is 35.5. The van der Waals surface area contributed by atoms with E-state index in [0.717, 1.165) is 12.0 Å². The summed E-state index contributed by atoms with van der Waals surface area (Å²) in [6.07, 6.45) is 0.748. The van der Waals surface area contributed by atoms with E-state index < -0.39 is 0 Å². The molecule has 1 unspecified atom stereocenters. The first kappa shape index (κ1) is 13.9. The highest BCUT2D eigenvalue weighted by Crippen LogP contribution is 2.31. The molecular formula is C16H13Cl2NS. The quantitative estimate of drug-likeness (QED) is 0.681. The number of nitrogens with two attached hydrogens (primary N) is 1. The summed E-state index contributed by atoms with van der Waals surface area (Å²) < 4.78 is 1.27. The van der Waals surface area contributed by atoms with Gasteiger partial charge in [0, 0.05) is 10.7 Å². The van der Waals surface area contributed by atoms with Crippen LogP contribution in [0.3, 0.4) is 0 Å². The molecule has 1 heterocycles. The normalized spacial score (nSPS) is 12.8. The maximum absolute atomic E-state index is 6.36. The van der Waals surface area contributed by atoms with Crippen molar-refractivity contribution in [2.45, 2.75) is 12.5 Å². The molecule has 0 amide bonds. The van der Waals surface area contributed by atoms with Crippen molar-refractivity contribution in [3.63, 3.8) is 0 Å². The molecule has 1 atom stereocenters. The lowest BCUT2D eigenvalue weighted by Crippen LogP contribution is -2.12. The van der Waals surface area contributed by atoms with Crippen LogP contribution in [-0.2, 0) is 6.42 Å². The van der Waals surface area contributed by atoms with E-state index in [2.05, 4.69) is 17.5 Å². The van der Waals surface area contributed by atoms with Crippen LogP contribution in [0.4, 0.5) is 0 Å². The third-order valence-corrected chi connectivity index (χ3v) is 5.07. The van der Waals surface area contributed by atoms with Crippen molar-refractivity contribution in [2.24, 2.45) is 5.73 Å². The van der Waals surface area contributed by atoms with Crippen molar-refractivity contribution < 1.29 is 0 Å². The Labute approximate surface area is 131 Å². The summed E-state index contributed by atoms with van der Waals surface area (Å²) in [5.74, 6) is 0. The van der Waals surface area contributed by atoms with Crippen LogP contribution in [0.15, 0.2) is 47.8 Å². The summed E-state index contributed by atoms with van der Waals surface area (Å²) in [4.78, 5) is 0. The zero-order valence-electron chi connectivity index (χ0n) is 10.6. The first-order valence-corrected chi connectivity index (χ1v) is 7.94. The third-order valence-electron chi connectivity index (χ3n) is 3.35. The van der Waals surface area contributed by atoms with Gasteiger partial charge in [0.2, 0.25) is 0 Å². The molecule has 0 aliphatic rings. The summed E-state index contributed by atoms with van der Waals surface area (Å²) in [5, 5.41) is 4.54. The van der Waals surface area contributed by atoms with Crippen LogP contribution in [0, 0.1) is 0 Å². The Hall–Kier alpha value is -1.06. The number of fused-ring (bicyclic) bond motifs is 1. The summed E-state index contributed by atoms with van der Waals surface area (Å²) >= 11 is 13.7. The van der Waals surface area contributed by atoms with E-state index in [1.165, 1.54) is 15.6 Å². The molecule has 0 saturated carbocycles. The average molecular weight is 322 g/mol. The summed E-state index contributed by atoms with van der Waals surface area (Å²) in [6, 6.07) is 14.0. The van der Waals surface area contributed by atoms with Crippen LogP contribution in [0.1, 0.15) is 17.2 Å². The molecule has 0 aliphatic carbocycles. The van der Waals surface area contributed by atoms with Crippen LogP contribution in [0.25, 0.3) is 10.1 Å². The van der Waals surface area contributed by atoms with Crippen molar-refractivity contribution in [1.29, 1.82) is 0 Å². The second kappa shape index (κ2) is 5.74. The molecule has 0 radical (unpaired) electrons. The van der Waals surface area contributed by atoms with Gasteiger partial charge in [-0.3, -0.25) is 0 Å². The standard InChI is InChI=1S/C16H13Cl2NS/c17-13-6-5-10(7-14(13)18)8-15(19)12-9-20-16-4-2-1-3-11(12)16/h1-7,9,15H,8,19H2. The largest absolute Gasteiger partial charge is 0.324 e. The van der Waals surface area contributed by atoms with Crippen molar-refractivity contribution in [2.75, 3.05) is 0 Å². The number of rotatable bonds is 3. The Morgan fingerprint density at radius 1 is 1.05 bits per heavy atom. The first-order valence-electron chi connectivity index (χ1n) is 6.31. The maximum atomic E-state index is 6.36. The van der Waals surface area contributed by atoms with Crippen molar-refractivity contribution in [3.05, 3.63) is 69.0 Å². The number of halogens is 2. The van der Waals surface area contributed by atoms with Gasteiger partial charge in [-0.1, -0.05) is 47.5 Å². The number of hydrogen-bond acceptors (Lipinski definition) is 2. The fourth-order valence-electron chi connectivity index (χ4n) is 2.32. The number of benzene rings is 2. The lowest BCUT2D eigenvalue weighted by molar-refractivity contribution is 0.730. The van der Waals surface area contributed by atoms with Gasteiger partial charge in [0.15, 0.2) is 0 Å².